The number of nitrogens with two attached hydrogens (primary N) is 1. The maximum atomic E-state index is 13.7. The minimum absolute atomic E-state index is 0.0354. The first-order valence-electron chi connectivity index (χ1n) is 10.6. The minimum Gasteiger partial charge on any atom is -0.487 e. The Labute approximate surface area is 200 Å². The first kappa shape index (κ1) is 25.3. The number of primary amides is 1. The van der Waals surface area contributed by atoms with E-state index in [1.807, 2.05) is 4.90 Å². The van der Waals surface area contributed by atoms with Crippen LogP contribution in [0.25, 0.3) is 0 Å². The van der Waals surface area contributed by atoms with Gasteiger partial charge in [0.2, 0.25) is 5.88 Å². The number of carbonyl (C=O) groups is 2. The molecule has 4 rings (SSSR count). The summed E-state index contributed by atoms with van der Waals surface area (Å²) in [6.07, 6.45) is 3.86. The highest BCUT2D eigenvalue weighted by Gasteiger charge is 2.25. The zero-order valence-corrected chi connectivity index (χ0v) is 18.9. The molecule has 3 heterocycles. The molecular formula is C24H24F2N4O5. The van der Waals surface area contributed by atoms with Crippen molar-refractivity contribution in [1.82, 2.24) is 9.97 Å². The zero-order chi connectivity index (χ0) is 25.4. The number of rotatable bonds is 6. The van der Waals surface area contributed by atoms with E-state index in [0.717, 1.165) is 12.1 Å². The Hall–Kier alpha value is -4.28. The summed E-state index contributed by atoms with van der Waals surface area (Å²) >= 11 is 0. The van der Waals surface area contributed by atoms with Gasteiger partial charge < -0.3 is 25.2 Å². The molecule has 0 radical (unpaired) electrons. The lowest BCUT2D eigenvalue weighted by Gasteiger charge is -2.34. The predicted molar refractivity (Wildman–Crippen MR) is 123 cm³/mol. The second-order valence-corrected chi connectivity index (χ2v) is 7.51. The summed E-state index contributed by atoms with van der Waals surface area (Å²) in [4.78, 5) is 31.4. The molecule has 3 N–H and O–H groups in total. The molecule has 1 aromatic carbocycles. The van der Waals surface area contributed by atoms with Crippen LogP contribution in [0.5, 0.6) is 11.6 Å². The number of benzene rings is 1. The second kappa shape index (κ2) is 11.7. The molecule has 11 heteroatoms. The van der Waals surface area contributed by atoms with Crippen LogP contribution in [0, 0.1) is 11.6 Å². The third-order valence-corrected chi connectivity index (χ3v) is 5.19. The fraction of sp³-hybridized carbons (Fsp3) is 0.250. The zero-order valence-electron chi connectivity index (χ0n) is 18.9. The molecular weight excluding hydrogens is 462 g/mol. The van der Waals surface area contributed by atoms with E-state index in [1.165, 1.54) is 31.6 Å². The molecule has 1 aliphatic rings. The van der Waals surface area contributed by atoms with Gasteiger partial charge in [0.1, 0.15) is 17.6 Å². The van der Waals surface area contributed by atoms with Crippen molar-refractivity contribution in [3.8, 4) is 11.6 Å². The predicted octanol–water partition coefficient (Wildman–Crippen LogP) is 3.29. The van der Waals surface area contributed by atoms with Gasteiger partial charge in [-0.15, -0.1) is 0 Å². The van der Waals surface area contributed by atoms with Gasteiger partial charge in [0.05, 0.1) is 18.4 Å². The molecule has 1 amide bonds. The topological polar surface area (TPSA) is 128 Å². The van der Waals surface area contributed by atoms with Crippen LogP contribution in [-0.4, -0.2) is 53.3 Å². The molecule has 2 aromatic heterocycles. The van der Waals surface area contributed by atoms with Crippen molar-refractivity contribution in [2.75, 3.05) is 25.1 Å². The molecule has 0 unspecified atom stereocenters. The monoisotopic (exact) mass is 486 g/mol. The van der Waals surface area contributed by atoms with Gasteiger partial charge in [0.15, 0.2) is 11.6 Å². The van der Waals surface area contributed by atoms with Gasteiger partial charge >= 0.3 is 5.97 Å². The maximum Gasteiger partial charge on any atom is 0.354 e. The Bertz CT molecular complexity index is 1170. The van der Waals surface area contributed by atoms with Gasteiger partial charge in [0, 0.05) is 50.5 Å². The van der Waals surface area contributed by atoms with Crippen LogP contribution >= 0.6 is 0 Å². The normalized spacial score (nSPS) is 13.4. The Morgan fingerprint density at radius 1 is 1.11 bits per heavy atom. The average Bonchev–Trinajstić information content (AvgIpc) is 2.86. The molecule has 1 saturated heterocycles. The van der Waals surface area contributed by atoms with Crippen molar-refractivity contribution >= 4 is 17.6 Å². The summed E-state index contributed by atoms with van der Waals surface area (Å²) in [6.45, 7) is 1.17. The minimum atomic E-state index is -0.990. The first-order valence-corrected chi connectivity index (χ1v) is 10.6. The van der Waals surface area contributed by atoms with E-state index in [-0.39, 0.29) is 17.5 Å². The van der Waals surface area contributed by atoms with Crippen LogP contribution in [-0.2, 0) is 0 Å². The van der Waals surface area contributed by atoms with E-state index in [2.05, 4.69) is 9.97 Å². The lowest BCUT2D eigenvalue weighted by atomic mass is 10.1. The van der Waals surface area contributed by atoms with E-state index in [9.17, 15) is 18.4 Å². The summed E-state index contributed by atoms with van der Waals surface area (Å²) < 4.78 is 37.5. The highest BCUT2D eigenvalue weighted by atomic mass is 19.1. The number of amides is 1. The molecule has 0 aliphatic carbocycles. The second-order valence-electron chi connectivity index (χ2n) is 7.51. The van der Waals surface area contributed by atoms with E-state index < -0.39 is 23.5 Å². The number of methoxy groups -OCH3 is 1. The van der Waals surface area contributed by atoms with Crippen molar-refractivity contribution in [2.24, 2.45) is 5.73 Å². The van der Waals surface area contributed by atoms with Gasteiger partial charge in [-0.05, 0) is 24.3 Å². The smallest absolute Gasteiger partial charge is 0.354 e. The van der Waals surface area contributed by atoms with E-state index in [1.54, 1.807) is 18.2 Å². The number of piperidine rings is 1. The number of hydrogen-bond acceptors (Lipinski definition) is 7. The summed E-state index contributed by atoms with van der Waals surface area (Å²) in [5.41, 5.74) is 6.47. The fourth-order valence-electron chi connectivity index (χ4n) is 3.44. The molecule has 184 valence electrons. The van der Waals surface area contributed by atoms with Gasteiger partial charge in [-0.25, -0.2) is 23.5 Å². The van der Waals surface area contributed by atoms with Crippen LogP contribution in [0.3, 0.4) is 0 Å². The highest BCUT2D eigenvalue weighted by molar-refractivity contribution is 5.98. The van der Waals surface area contributed by atoms with E-state index >= 15 is 0 Å². The number of carbonyl (C=O) groups excluding carboxylic acids is 1. The molecule has 0 bridgehead atoms. The molecule has 1 aliphatic heterocycles. The Morgan fingerprint density at radius 3 is 2.40 bits per heavy atom. The Kier molecular flexibility index (Phi) is 8.49. The van der Waals surface area contributed by atoms with Crippen LogP contribution in [0.1, 0.15) is 33.7 Å². The highest BCUT2D eigenvalue weighted by Crippen LogP contribution is 2.29. The van der Waals surface area contributed by atoms with E-state index in [4.69, 9.17) is 20.3 Å². The number of carboxylic acids is 1. The summed E-state index contributed by atoms with van der Waals surface area (Å²) in [6, 6.07) is 9.67. The number of aromatic nitrogens is 2. The Balaban J connectivity index is 0.000000320. The SMILES string of the molecule is COc1cc(N2CCC(Oc3ccc(F)cc3F)CC2)c(C(N)=O)cn1.O=C(O)c1ccccn1. The van der Waals surface area contributed by atoms with Gasteiger partial charge in [-0.3, -0.25) is 4.79 Å². The number of carboxylic acid groups (broad SMARTS) is 1. The van der Waals surface area contributed by atoms with Gasteiger partial charge in [-0.1, -0.05) is 6.07 Å². The van der Waals surface area contributed by atoms with E-state index in [0.29, 0.717) is 43.1 Å². The van der Waals surface area contributed by atoms with Crippen LogP contribution in [0.4, 0.5) is 14.5 Å². The van der Waals surface area contributed by atoms with Crippen molar-refractivity contribution in [3.05, 3.63) is 77.8 Å². The number of hydrogen-bond donors (Lipinski definition) is 2. The number of pyridine rings is 2. The van der Waals surface area contributed by atoms with Crippen LogP contribution < -0.4 is 20.1 Å². The standard InChI is InChI=1S/C18H19F2N3O3.C6H5NO2/c1-25-17-9-15(13(10-22-17)18(21)24)23-6-4-12(5-7-23)26-16-3-2-11(19)8-14(16)20;8-6(9)5-3-1-2-4-7-5/h2-3,8-10,12H,4-7H2,1H3,(H2,21,24);1-4H,(H,8,9). The molecule has 3 aromatic rings. The van der Waals surface area contributed by atoms with Crippen LogP contribution in [0.15, 0.2) is 54.9 Å². The van der Waals surface area contributed by atoms with Crippen molar-refractivity contribution < 1.29 is 33.0 Å². The number of aromatic carboxylic acids is 1. The van der Waals surface area contributed by atoms with Crippen LogP contribution in [0.2, 0.25) is 0 Å². The summed E-state index contributed by atoms with van der Waals surface area (Å²) in [7, 11) is 1.49. The first-order chi connectivity index (χ1) is 16.8. The van der Waals surface area contributed by atoms with Crippen molar-refractivity contribution in [3.63, 3.8) is 0 Å². The molecule has 0 spiro atoms. The number of halogens is 2. The van der Waals surface area contributed by atoms with Gasteiger partial charge in [0.25, 0.3) is 5.91 Å². The molecule has 0 saturated carbocycles. The van der Waals surface area contributed by atoms with Gasteiger partial charge in [-0.2, -0.15) is 0 Å². The summed E-state index contributed by atoms with van der Waals surface area (Å²) in [5, 5.41) is 8.32. The fourth-order valence-corrected chi connectivity index (χ4v) is 3.44. The van der Waals surface area contributed by atoms with Crippen molar-refractivity contribution in [1.29, 1.82) is 0 Å². The lowest BCUT2D eigenvalue weighted by molar-refractivity contribution is 0.0690. The number of nitrogens with zero attached hydrogens (tertiary/aromatic N) is 3. The lowest BCUT2D eigenvalue weighted by Crippen LogP contribution is -2.39. The third-order valence-electron chi connectivity index (χ3n) is 5.19. The maximum absolute atomic E-state index is 13.7. The number of anilines is 1. The molecule has 1 fully saturated rings. The number of ether oxygens (including phenoxy) is 2. The average molecular weight is 486 g/mol. The largest absolute Gasteiger partial charge is 0.487 e. The quantitative estimate of drug-likeness (QED) is 0.543. The summed E-state index contributed by atoms with van der Waals surface area (Å²) in [5.74, 6) is -2.50. The third kappa shape index (κ3) is 6.85. The molecule has 9 nitrogen and oxygen atoms in total. The molecule has 0 atom stereocenters. The Morgan fingerprint density at radius 2 is 1.86 bits per heavy atom. The van der Waals surface area contributed by atoms with Crippen molar-refractivity contribution in [2.45, 2.75) is 18.9 Å². The molecule has 35 heavy (non-hydrogen) atoms.